The average molecular weight is 422 g/mol. The summed E-state index contributed by atoms with van der Waals surface area (Å²) in [5, 5.41) is 2.82. The van der Waals surface area contributed by atoms with Crippen LogP contribution in [0.15, 0.2) is 70.3 Å². The van der Waals surface area contributed by atoms with Crippen molar-refractivity contribution in [2.45, 2.75) is 26.4 Å². The number of aromatic amines is 1. The smallest absolute Gasteiger partial charge is 0.330 e. The zero-order valence-corrected chi connectivity index (χ0v) is 17.5. The Hall–Kier alpha value is -3.81. The van der Waals surface area contributed by atoms with E-state index < -0.39 is 11.2 Å². The molecule has 2 aromatic carbocycles. The van der Waals surface area contributed by atoms with Crippen LogP contribution in [0.25, 0.3) is 0 Å². The second-order valence-electron chi connectivity index (χ2n) is 7.26. The van der Waals surface area contributed by atoms with E-state index in [2.05, 4.69) is 10.3 Å². The largest absolute Gasteiger partial charge is 0.383 e. The number of nitrogen functional groups attached to an aromatic ring is 1. The standard InChI is InChI=1S/C23H27N5O3/c1-2-13-25-19(29)16-27(14-17-9-5-3-6-10-17)20-21(24)28(23(31)26-22(20)30)15-18-11-7-4-8-12-18/h3-12H,2,13-16,24H2,1H3,(H,25,29)(H,26,30,31). The Morgan fingerprint density at radius 3 is 2.26 bits per heavy atom. The Labute approximate surface area is 180 Å². The molecule has 3 aromatic rings. The third-order valence-electron chi connectivity index (χ3n) is 4.84. The first kappa shape index (κ1) is 21.9. The van der Waals surface area contributed by atoms with E-state index in [1.54, 1.807) is 4.90 Å². The van der Waals surface area contributed by atoms with Crippen molar-refractivity contribution in [3.63, 3.8) is 0 Å². The topological polar surface area (TPSA) is 113 Å². The fraction of sp³-hybridized carbons (Fsp3) is 0.261. The Morgan fingerprint density at radius 2 is 1.65 bits per heavy atom. The molecule has 31 heavy (non-hydrogen) atoms. The van der Waals surface area contributed by atoms with Gasteiger partial charge in [-0.15, -0.1) is 0 Å². The van der Waals surface area contributed by atoms with Crippen molar-refractivity contribution in [1.82, 2.24) is 14.9 Å². The number of carbonyl (C=O) groups excluding carboxylic acids is 1. The lowest BCUT2D eigenvalue weighted by Crippen LogP contribution is -2.43. The first-order valence-electron chi connectivity index (χ1n) is 10.2. The Kier molecular flexibility index (Phi) is 7.26. The number of aromatic nitrogens is 2. The molecule has 1 aromatic heterocycles. The molecule has 0 bridgehead atoms. The lowest BCUT2D eigenvalue weighted by Gasteiger charge is -2.26. The molecular weight excluding hydrogens is 394 g/mol. The van der Waals surface area contributed by atoms with Crippen LogP contribution in [0.2, 0.25) is 0 Å². The van der Waals surface area contributed by atoms with Crippen molar-refractivity contribution in [3.8, 4) is 0 Å². The Balaban J connectivity index is 2.02. The third kappa shape index (κ3) is 5.63. The highest BCUT2D eigenvalue weighted by Gasteiger charge is 2.21. The quantitative estimate of drug-likeness (QED) is 0.487. The molecule has 0 aliphatic heterocycles. The molecule has 1 heterocycles. The number of hydrogen-bond acceptors (Lipinski definition) is 5. The Morgan fingerprint density at radius 1 is 1.03 bits per heavy atom. The van der Waals surface area contributed by atoms with Crippen LogP contribution in [-0.4, -0.2) is 28.5 Å². The van der Waals surface area contributed by atoms with Crippen LogP contribution in [0.4, 0.5) is 11.5 Å². The number of H-pyrrole nitrogens is 1. The molecule has 0 radical (unpaired) electrons. The number of hydrogen-bond donors (Lipinski definition) is 3. The molecule has 0 atom stereocenters. The number of nitrogens with two attached hydrogens (primary N) is 1. The second-order valence-corrected chi connectivity index (χ2v) is 7.26. The van der Waals surface area contributed by atoms with E-state index in [4.69, 9.17) is 5.73 Å². The number of anilines is 2. The van der Waals surface area contributed by atoms with Crippen molar-refractivity contribution in [2.75, 3.05) is 23.7 Å². The van der Waals surface area contributed by atoms with Gasteiger partial charge in [-0.05, 0) is 17.5 Å². The summed E-state index contributed by atoms with van der Waals surface area (Å²) in [6, 6.07) is 18.8. The van der Waals surface area contributed by atoms with Crippen molar-refractivity contribution in [2.24, 2.45) is 0 Å². The fourth-order valence-corrected chi connectivity index (χ4v) is 3.32. The molecule has 0 saturated heterocycles. The van der Waals surface area contributed by atoms with Gasteiger partial charge in [-0.2, -0.15) is 0 Å². The minimum Gasteiger partial charge on any atom is -0.383 e. The highest BCUT2D eigenvalue weighted by atomic mass is 16.2. The molecule has 4 N–H and O–H groups in total. The molecule has 3 rings (SSSR count). The highest BCUT2D eigenvalue weighted by Crippen LogP contribution is 2.20. The van der Waals surface area contributed by atoms with E-state index in [0.717, 1.165) is 17.5 Å². The SMILES string of the molecule is CCCNC(=O)CN(Cc1ccccc1)c1c(N)n(Cc2ccccc2)c(=O)[nH]c1=O. The molecule has 8 nitrogen and oxygen atoms in total. The molecule has 0 aliphatic carbocycles. The van der Waals surface area contributed by atoms with E-state index >= 15 is 0 Å². The summed E-state index contributed by atoms with van der Waals surface area (Å²) < 4.78 is 1.31. The number of benzene rings is 2. The molecule has 1 amide bonds. The predicted octanol–water partition coefficient (Wildman–Crippen LogP) is 1.70. The first-order valence-corrected chi connectivity index (χ1v) is 10.2. The van der Waals surface area contributed by atoms with Gasteiger partial charge in [0.15, 0.2) is 0 Å². The van der Waals surface area contributed by atoms with Gasteiger partial charge >= 0.3 is 5.69 Å². The third-order valence-corrected chi connectivity index (χ3v) is 4.84. The molecule has 8 heteroatoms. The molecular formula is C23H27N5O3. The van der Waals surface area contributed by atoms with Gasteiger partial charge in [0.1, 0.15) is 11.5 Å². The summed E-state index contributed by atoms with van der Waals surface area (Å²) in [4.78, 5) is 41.7. The summed E-state index contributed by atoms with van der Waals surface area (Å²) >= 11 is 0. The minimum atomic E-state index is -0.619. The molecule has 0 saturated carbocycles. The van der Waals surface area contributed by atoms with Crippen LogP contribution in [0.1, 0.15) is 24.5 Å². The maximum absolute atomic E-state index is 12.8. The van der Waals surface area contributed by atoms with E-state index in [9.17, 15) is 14.4 Å². The molecule has 162 valence electrons. The van der Waals surface area contributed by atoms with Gasteiger partial charge in [-0.3, -0.25) is 19.1 Å². The van der Waals surface area contributed by atoms with Gasteiger partial charge in [0.05, 0.1) is 13.1 Å². The van der Waals surface area contributed by atoms with Gasteiger partial charge in [0.2, 0.25) is 5.91 Å². The first-order chi connectivity index (χ1) is 15.0. The number of nitrogens with zero attached hydrogens (tertiary/aromatic N) is 2. The van der Waals surface area contributed by atoms with E-state index in [0.29, 0.717) is 6.54 Å². The summed E-state index contributed by atoms with van der Waals surface area (Å²) in [6.45, 7) is 2.93. The molecule has 0 spiro atoms. The number of amides is 1. The van der Waals surface area contributed by atoms with Crippen LogP contribution < -0.4 is 27.2 Å². The number of nitrogens with one attached hydrogen (secondary N) is 2. The summed E-state index contributed by atoms with van der Waals surface area (Å²) in [7, 11) is 0. The van der Waals surface area contributed by atoms with Gasteiger partial charge in [-0.1, -0.05) is 67.6 Å². The van der Waals surface area contributed by atoms with Crippen molar-refractivity contribution < 1.29 is 4.79 Å². The average Bonchev–Trinajstić information content (AvgIpc) is 2.76. The van der Waals surface area contributed by atoms with Gasteiger partial charge < -0.3 is 16.0 Å². The monoisotopic (exact) mass is 421 g/mol. The van der Waals surface area contributed by atoms with Crippen molar-refractivity contribution in [1.29, 1.82) is 0 Å². The zero-order valence-electron chi connectivity index (χ0n) is 17.5. The zero-order chi connectivity index (χ0) is 22.2. The second kappa shape index (κ2) is 10.3. The number of carbonyl (C=O) groups is 1. The van der Waals surface area contributed by atoms with E-state index in [1.165, 1.54) is 4.57 Å². The van der Waals surface area contributed by atoms with Crippen LogP contribution in [-0.2, 0) is 17.9 Å². The van der Waals surface area contributed by atoms with Crippen molar-refractivity contribution >= 4 is 17.4 Å². The lowest BCUT2D eigenvalue weighted by atomic mass is 10.2. The number of rotatable bonds is 9. The highest BCUT2D eigenvalue weighted by molar-refractivity contribution is 5.82. The summed E-state index contributed by atoms with van der Waals surface area (Å²) in [5.74, 6) is -0.200. The van der Waals surface area contributed by atoms with Crippen molar-refractivity contribution in [3.05, 3.63) is 92.6 Å². The molecule has 0 unspecified atom stereocenters. The molecule has 0 aliphatic rings. The van der Waals surface area contributed by atoms with Crippen LogP contribution in [0, 0.1) is 0 Å². The lowest BCUT2D eigenvalue weighted by molar-refractivity contribution is -0.119. The summed E-state index contributed by atoms with van der Waals surface area (Å²) in [6.07, 6.45) is 0.801. The van der Waals surface area contributed by atoms with Crippen LogP contribution in [0.5, 0.6) is 0 Å². The summed E-state index contributed by atoms with van der Waals surface area (Å²) in [5.41, 5.74) is 7.00. The van der Waals surface area contributed by atoms with Gasteiger partial charge in [-0.25, -0.2) is 4.79 Å². The maximum atomic E-state index is 12.8. The predicted molar refractivity (Wildman–Crippen MR) is 122 cm³/mol. The maximum Gasteiger partial charge on any atom is 0.330 e. The van der Waals surface area contributed by atoms with E-state index in [1.807, 2.05) is 67.6 Å². The molecule has 0 fully saturated rings. The van der Waals surface area contributed by atoms with Crippen LogP contribution in [0.3, 0.4) is 0 Å². The van der Waals surface area contributed by atoms with Gasteiger partial charge in [0, 0.05) is 13.1 Å². The van der Waals surface area contributed by atoms with Crippen LogP contribution >= 0.6 is 0 Å². The van der Waals surface area contributed by atoms with Gasteiger partial charge in [0.25, 0.3) is 5.56 Å². The minimum absolute atomic E-state index is 0.0248. The van der Waals surface area contributed by atoms with E-state index in [-0.39, 0.29) is 37.0 Å². The fourth-order valence-electron chi connectivity index (χ4n) is 3.32. The normalized spacial score (nSPS) is 10.6. The Bertz CT molecular complexity index is 1120.